The average Bonchev–Trinajstić information content (AvgIpc) is 2.65. The molecule has 1 rings (SSSR count). The fourth-order valence-electron chi connectivity index (χ4n) is 1.99. The Morgan fingerprint density at radius 3 is 2.47 bits per heavy atom. The number of carbonyl (C=O) groups excluding carboxylic acids is 1. The summed E-state index contributed by atoms with van der Waals surface area (Å²) in [5.74, 6) is 0. The summed E-state index contributed by atoms with van der Waals surface area (Å²) in [6.45, 7) is 0.0921. The van der Waals surface area contributed by atoms with Crippen LogP contribution < -0.4 is 11.1 Å². The number of rotatable bonds is 2. The van der Waals surface area contributed by atoms with Gasteiger partial charge in [-0.3, -0.25) is 4.90 Å². The minimum atomic E-state index is -1.74. The smallest absolute Gasteiger partial charge is 0.407 e. The van der Waals surface area contributed by atoms with Crippen molar-refractivity contribution in [2.24, 2.45) is 5.73 Å². The normalized spacial score (nSPS) is 23.3. The Hall–Kier alpha value is -0.630. The van der Waals surface area contributed by atoms with Crippen LogP contribution in [0.1, 0.15) is 0 Å². The fourth-order valence-corrected chi connectivity index (χ4v) is 2.37. The molecule has 110 valence electrons. The van der Waals surface area contributed by atoms with Gasteiger partial charge in [-0.1, -0.05) is 34.8 Å². The molecule has 0 bridgehead atoms. The molecule has 1 aliphatic rings. The Labute approximate surface area is 125 Å². The van der Waals surface area contributed by atoms with E-state index in [2.05, 4.69) is 5.32 Å². The van der Waals surface area contributed by atoms with Crippen LogP contribution in [0.4, 0.5) is 9.59 Å². The molecule has 0 aromatic carbocycles. The van der Waals surface area contributed by atoms with Gasteiger partial charge in [-0.15, -0.1) is 0 Å². The number of urea groups is 1. The molecule has 1 saturated heterocycles. The van der Waals surface area contributed by atoms with Crippen molar-refractivity contribution in [1.29, 1.82) is 0 Å². The third kappa shape index (κ3) is 4.45. The lowest BCUT2D eigenvalue weighted by Crippen LogP contribution is -2.52. The number of halogens is 3. The summed E-state index contributed by atoms with van der Waals surface area (Å²) in [4.78, 5) is 25.1. The van der Waals surface area contributed by atoms with Crippen LogP contribution in [-0.2, 0) is 0 Å². The molecule has 0 spiro atoms. The van der Waals surface area contributed by atoms with Gasteiger partial charge >= 0.3 is 12.1 Å². The number of nitrogens with two attached hydrogens (primary N) is 1. The van der Waals surface area contributed by atoms with Gasteiger partial charge in [0.1, 0.15) is 0 Å². The molecule has 1 heterocycles. The Bertz CT molecular complexity index is 363. The van der Waals surface area contributed by atoms with Crippen LogP contribution in [0.3, 0.4) is 0 Å². The van der Waals surface area contributed by atoms with Gasteiger partial charge in [0.05, 0.1) is 12.6 Å². The molecule has 3 amide bonds. The molecule has 10 heteroatoms. The van der Waals surface area contributed by atoms with Gasteiger partial charge in [0.15, 0.2) is 0 Å². The zero-order chi connectivity index (χ0) is 14.8. The van der Waals surface area contributed by atoms with E-state index < -0.39 is 22.0 Å². The number of carbonyl (C=O) groups is 2. The molecule has 19 heavy (non-hydrogen) atoms. The van der Waals surface area contributed by atoms with Crippen LogP contribution in [-0.4, -0.2) is 69.6 Å². The lowest BCUT2D eigenvalue weighted by atomic mass is 10.1. The first kappa shape index (κ1) is 16.4. The van der Waals surface area contributed by atoms with Crippen LogP contribution >= 0.6 is 34.8 Å². The van der Waals surface area contributed by atoms with Crippen LogP contribution in [0.25, 0.3) is 0 Å². The van der Waals surface area contributed by atoms with E-state index in [9.17, 15) is 14.7 Å². The van der Waals surface area contributed by atoms with E-state index in [1.165, 1.54) is 11.9 Å². The van der Waals surface area contributed by atoms with E-state index in [-0.39, 0.29) is 25.7 Å². The third-order valence-electron chi connectivity index (χ3n) is 2.83. The second-order valence-corrected chi connectivity index (χ2v) is 6.73. The van der Waals surface area contributed by atoms with Crippen LogP contribution in [0.2, 0.25) is 0 Å². The summed E-state index contributed by atoms with van der Waals surface area (Å²) in [5.41, 5.74) is 5.86. The van der Waals surface area contributed by atoms with Crippen molar-refractivity contribution in [2.75, 3.05) is 26.7 Å². The molecule has 0 aromatic rings. The molecular formula is C9H15Cl3N4O3. The van der Waals surface area contributed by atoms with E-state index in [0.29, 0.717) is 0 Å². The van der Waals surface area contributed by atoms with Crippen LogP contribution in [0.15, 0.2) is 0 Å². The zero-order valence-electron chi connectivity index (χ0n) is 10.1. The highest BCUT2D eigenvalue weighted by Gasteiger charge is 2.41. The Kier molecular flexibility index (Phi) is 5.37. The lowest BCUT2D eigenvalue weighted by Gasteiger charge is -2.30. The van der Waals surface area contributed by atoms with Gasteiger partial charge in [0, 0.05) is 26.2 Å². The van der Waals surface area contributed by atoms with Crippen molar-refractivity contribution in [3.05, 3.63) is 0 Å². The molecule has 0 radical (unpaired) electrons. The maximum atomic E-state index is 11.5. The lowest BCUT2D eigenvalue weighted by molar-refractivity contribution is 0.123. The highest BCUT2D eigenvalue weighted by atomic mass is 35.6. The third-order valence-corrected chi connectivity index (χ3v) is 3.19. The highest BCUT2D eigenvalue weighted by Crippen LogP contribution is 2.29. The summed E-state index contributed by atoms with van der Waals surface area (Å²) < 4.78 is -1.74. The number of hydrogen-bond donors (Lipinski definition) is 3. The van der Waals surface area contributed by atoms with E-state index in [4.69, 9.17) is 40.5 Å². The predicted molar refractivity (Wildman–Crippen MR) is 72.8 cm³/mol. The molecule has 0 aromatic heterocycles. The number of nitrogens with one attached hydrogen (secondary N) is 1. The SMILES string of the molecule is CNC(=O)N1C[C@@H](N)[C@@H](N(CC(Cl)(Cl)Cl)C(=O)O)C1. The number of amides is 3. The second kappa shape index (κ2) is 6.21. The number of carboxylic acid groups (broad SMARTS) is 1. The summed E-state index contributed by atoms with van der Waals surface area (Å²) in [6.07, 6.45) is -1.24. The second-order valence-electron chi connectivity index (χ2n) is 4.22. The minimum Gasteiger partial charge on any atom is -0.465 e. The van der Waals surface area contributed by atoms with Gasteiger partial charge < -0.3 is 21.1 Å². The monoisotopic (exact) mass is 332 g/mol. The maximum Gasteiger partial charge on any atom is 0.407 e. The highest BCUT2D eigenvalue weighted by molar-refractivity contribution is 6.67. The largest absolute Gasteiger partial charge is 0.465 e. The van der Waals surface area contributed by atoms with Crippen molar-refractivity contribution in [3.63, 3.8) is 0 Å². The molecule has 1 aliphatic heterocycles. The van der Waals surface area contributed by atoms with E-state index >= 15 is 0 Å². The molecule has 7 nitrogen and oxygen atoms in total. The molecule has 2 atom stereocenters. The molecule has 0 saturated carbocycles. The maximum absolute atomic E-state index is 11.5. The van der Waals surface area contributed by atoms with Gasteiger partial charge in [0.2, 0.25) is 3.79 Å². The van der Waals surface area contributed by atoms with Crippen molar-refractivity contribution in [3.8, 4) is 0 Å². The summed E-state index contributed by atoms with van der Waals surface area (Å²) in [5, 5.41) is 11.6. The van der Waals surface area contributed by atoms with Crippen LogP contribution in [0.5, 0.6) is 0 Å². The van der Waals surface area contributed by atoms with Gasteiger partial charge in [0.25, 0.3) is 0 Å². The summed E-state index contributed by atoms with van der Waals surface area (Å²) in [7, 11) is 1.48. The first-order valence-corrected chi connectivity index (χ1v) is 6.57. The predicted octanol–water partition coefficient (Wildman–Crippen LogP) is 0.688. The van der Waals surface area contributed by atoms with Crippen molar-refractivity contribution in [1.82, 2.24) is 15.1 Å². The number of nitrogens with zero attached hydrogens (tertiary/aromatic N) is 2. The fraction of sp³-hybridized carbons (Fsp3) is 0.778. The Morgan fingerprint density at radius 2 is 2.05 bits per heavy atom. The van der Waals surface area contributed by atoms with Crippen molar-refractivity contribution in [2.45, 2.75) is 15.9 Å². The quantitative estimate of drug-likeness (QED) is 0.647. The van der Waals surface area contributed by atoms with E-state index in [0.717, 1.165) is 4.90 Å². The van der Waals surface area contributed by atoms with Gasteiger partial charge in [-0.05, 0) is 0 Å². The molecular weight excluding hydrogens is 318 g/mol. The Morgan fingerprint density at radius 1 is 1.47 bits per heavy atom. The molecule has 4 N–H and O–H groups in total. The Balaban J connectivity index is 2.81. The zero-order valence-corrected chi connectivity index (χ0v) is 12.4. The molecule has 1 fully saturated rings. The van der Waals surface area contributed by atoms with Gasteiger partial charge in [-0.25, -0.2) is 9.59 Å². The van der Waals surface area contributed by atoms with Crippen molar-refractivity contribution < 1.29 is 14.7 Å². The first-order valence-electron chi connectivity index (χ1n) is 5.44. The van der Waals surface area contributed by atoms with Crippen molar-refractivity contribution >= 4 is 46.9 Å². The number of alkyl halides is 3. The number of hydrogen-bond acceptors (Lipinski definition) is 3. The van der Waals surface area contributed by atoms with E-state index in [1.807, 2.05) is 0 Å². The summed E-state index contributed by atoms with van der Waals surface area (Å²) >= 11 is 16.8. The average molecular weight is 334 g/mol. The molecule has 0 aliphatic carbocycles. The summed E-state index contributed by atoms with van der Waals surface area (Å²) in [6, 6.07) is -1.46. The number of likely N-dealkylation sites (tertiary alicyclic amines) is 1. The van der Waals surface area contributed by atoms with Crippen LogP contribution in [0, 0.1) is 0 Å². The topological polar surface area (TPSA) is 98.9 Å². The minimum absolute atomic E-state index is 0.161. The first-order chi connectivity index (χ1) is 8.65. The van der Waals surface area contributed by atoms with E-state index in [1.54, 1.807) is 0 Å². The standard InChI is InChI=1S/C9H15Cl3N4O3/c1-14-7(17)15-2-5(13)6(3-15)16(8(18)19)4-9(10,11)12/h5-6H,2-4,13H2,1H3,(H,14,17)(H,18,19)/t5-,6+/m1/s1. The van der Waals surface area contributed by atoms with Gasteiger partial charge in [-0.2, -0.15) is 0 Å². The molecule has 0 unspecified atom stereocenters.